The fraction of sp³-hybridized carbons (Fsp3) is 0.357. The molecule has 1 aromatic heterocycles. The molecule has 1 atom stereocenters. The molecule has 0 amide bonds. The molecular formula is C14H18FN3S. The molecule has 0 spiro atoms. The van der Waals surface area contributed by atoms with E-state index in [1.54, 1.807) is 23.5 Å². The Bertz CT molecular complexity index is 524. The molecule has 102 valence electrons. The summed E-state index contributed by atoms with van der Waals surface area (Å²) in [6.45, 7) is 5.14. The maximum atomic E-state index is 12.9. The van der Waals surface area contributed by atoms with E-state index >= 15 is 0 Å². The number of halogens is 1. The summed E-state index contributed by atoms with van der Waals surface area (Å²) in [6, 6.07) is 6.73. The van der Waals surface area contributed by atoms with E-state index in [-0.39, 0.29) is 5.82 Å². The van der Waals surface area contributed by atoms with Crippen molar-refractivity contribution in [3.8, 4) is 0 Å². The van der Waals surface area contributed by atoms with Gasteiger partial charge in [0, 0.05) is 29.9 Å². The Morgan fingerprint density at radius 1 is 1.37 bits per heavy atom. The van der Waals surface area contributed by atoms with Crippen molar-refractivity contribution in [2.45, 2.75) is 19.9 Å². The van der Waals surface area contributed by atoms with Crippen LogP contribution < -0.4 is 10.2 Å². The Balaban J connectivity index is 2.15. The normalized spacial score (nSPS) is 12.4. The van der Waals surface area contributed by atoms with Crippen LogP contribution in [0.2, 0.25) is 0 Å². The van der Waals surface area contributed by atoms with Gasteiger partial charge in [0.15, 0.2) is 5.13 Å². The summed E-state index contributed by atoms with van der Waals surface area (Å²) in [4.78, 5) is 7.59. The van der Waals surface area contributed by atoms with Gasteiger partial charge in [-0.05, 0) is 37.7 Å². The molecule has 1 aromatic carbocycles. The van der Waals surface area contributed by atoms with E-state index in [4.69, 9.17) is 0 Å². The molecule has 0 saturated heterocycles. The number of hydrogen-bond donors (Lipinski definition) is 1. The molecular weight excluding hydrogens is 261 g/mol. The Labute approximate surface area is 117 Å². The third kappa shape index (κ3) is 3.30. The van der Waals surface area contributed by atoms with Crippen LogP contribution in [0.4, 0.5) is 15.2 Å². The number of anilines is 2. The second kappa shape index (κ2) is 6.12. The molecule has 0 aliphatic carbocycles. The van der Waals surface area contributed by atoms with Gasteiger partial charge in [-0.3, -0.25) is 0 Å². The van der Waals surface area contributed by atoms with Crippen LogP contribution in [0.15, 0.2) is 30.5 Å². The average molecular weight is 279 g/mol. The minimum atomic E-state index is -0.224. The van der Waals surface area contributed by atoms with Crippen LogP contribution in [0.5, 0.6) is 0 Å². The largest absolute Gasteiger partial charge is 0.321 e. The zero-order valence-electron chi connectivity index (χ0n) is 11.4. The van der Waals surface area contributed by atoms with Crippen molar-refractivity contribution >= 4 is 22.2 Å². The standard InChI is InChI=1S/C14H18FN3S/c1-4-16-10(2)13-9-17-14(19-13)18(3)12-7-5-11(15)6-8-12/h5-10,16H,4H2,1-3H3. The van der Waals surface area contributed by atoms with Crippen molar-refractivity contribution in [3.63, 3.8) is 0 Å². The summed E-state index contributed by atoms with van der Waals surface area (Å²) in [5, 5.41) is 4.27. The van der Waals surface area contributed by atoms with Crippen molar-refractivity contribution in [1.29, 1.82) is 0 Å². The predicted molar refractivity (Wildman–Crippen MR) is 78.7 cm³/mol. The van der Waals surface area contributed by atoms with E-state index in [2.05, 4.69) is 24.1 Å². The number of benzene rings is 1. The lowest BCUT2D eigenvalue weighted by Gasteiger charge is -2.15. The first kappa shape index (κ1) is 14.0. The van der Waals surface area contributed by atoms with Crippen molar-refractivity contribution in [2.75, 3.05) is 18.5 Å². The number of thiazole rings is 1. The topological polar surface area (TPSA) is 28.2 Å². The van der Waals surface area contributed by atoms with E-state index in [9.17, 15) is 4.39 Å². The highest BCUT2D eigenvalue weighted by Gasteiger charge is 2.12. The van der Waals surface area contributed by atoms with E-state index in [1.807, 2.05) is 18.1 Å². The van der Waals surface area contributed by atoms with Crippen LogP contribution in [0, 0.1) is 5.82 Å². The van der Waals surface area contributed by atoms with Crippen LogP contribution in [-0.2, 0) is 0 Å². The highest BCUT2D eigenvalue weighted by atomic mass is 32.1. The molecule has 0 bridgehead atoms. The summed E-state index contributed by atoms with van der Waals surface area (Å²) in [5.74, 6) is -0.224. The minimum absolute atomic E-state index is 0.224. The molecule has 19 heavy (non-hydrogen) atoms. The van der Waals surface area contributed by atoms with Gasteiger partial charge in [0.1, 0.15) is 5.82 Å². The summed E-state index contributed by atoms with van der Waals surface area (Å²) < 4.78 is 12.9. The fourth-order valence-corrected chi connectivity index (χ4v) is 2.74. The molecule has 5 heteroatoms. The highest BCUT2D eigenvalue weighted by Crippen LogP contribution is 2.30. The Morgan fingerprint density at radius 3 is 2.68 bits per heavy atom. The van der Waals surface area contributed by atoms with Gasteiger partial charge in [0.25, 0.3) is 0 Å². The van der Waals surface area contributed by atoms with E-state index in [0.717, 1.165) is 17.4 Å². The van der Waals surface area contributed by atoms with Crippen LogP contribution in [0.25, 0.3) is 0 Å². The minimum Gasteiger partial charge on any atom is -0.321 e. The second-order valence-electron chi connectivity index (χ2n) is 4.36. The molecule has 1 N–H and O–H groups in total. The monoisotopic (exact) mass is 279 g/mol. The van der Waals surface area contributed by atoms with Gasteiger partial charge in [-0.15, -0.1) is 0 Å². The van der Waals surface area contributed by atoms with Gasteiger partial charge < -0.3 is 10.2 Å². The molecule has 0 fully saturated rings. The summed E-state index contributed by atoms with van der Waals surface area (Å²) in [7, 11) is 1.94. The first-order valence-corrected chi connectivity index (χ1v) is 7.12. The van der Waals surface area contributed by atoms with Crippen LogP contribution >= 0.6 is 11.3 Å². The van der Waals surface area contributed by atoms with Crippen LogP contribution in [0.3, 0.4) is 0 Å². The zero-order chi connectivity index (χ0) is 13.8. The van der Waals surface area contributed by atoms with Gasteiger partial charge in [0.05, 0.1) is 0 Å². The van der Waals surface area contributed by atoms with Gasteiger partial charge in [-0.2, -0.15) is 0 Å². The van der Waals surface area contributed by atoms with Gasteiger partial charge >= 0.3 is 0 Å². The zero-order valence-corrected chi connectivity index (χ0v) is 12.2. The molecule has 2 rings (SSSR count). The number of rotatable bonds is 5. The molecule has 1 heterocycles. The maximum Gasteiger partial charge on any atom is 0.189 e. The molecule has 0 saturated carbocycles. The van der Waals surface area contributed by atoms with E-state index in [1.165, 1.54) is 17.0 Å². The summed E-state index contributed by atoms with van der Waals surface area (Å²) >= 11 is 1.65. The summed E-state index contributed by atoms with van der Waals surface area (Å²) in [6.07, 6.45) is 1.90. The Hall–Kier alpha value is -1.46. The van der Waals surface area contributed by atoms with Crippen molar-refractivity contribution in [3.05, 3.63) is 41.2 Å². The number of nitrogens with zero attached hydrogens (tertiary/aromatic N) is 2. The van der Waals surface area contributed by atoms with Gasteiger partial charge in [-0.1, -0.05) is 18.3 Å². The number of aromatic nitrogens is 1. The number of hydrogen-bond acceptors (Lipinski definition) is 4. The molecule has 0 aliphatic heterocycles. The van der Waals surface area contributed by atoms with Crippen molar-refractivity contribution in [2.24, 2.45) is 0 Å². The smallest absolute Gasteiger partial charge is 0.189 e. The first-order valence-electron chi connectivity index (χ1n) is 6.30. The van der Waals surface area contributed by atoms with E-state index in [0.29, 0.717) is 6.04 Å². The average Bonchev–Trinajstić information content (AvgIpc) is 2.89. The van der Waals surface area contributed by atoms with Gasteiger partial charge in [-0.25, -0.2) is 9.37 Å². The van der Waals surface area contributed by atoms with Gasteiger partial charge in [0.2, 0.25) is 0 Å². The molecule has 1 unspecified atom stereocenters. The SMILES string of the molecule is CCNC(C)c1cnc(N(C)c2ccc(F)cc2)s1. The summed E-state index contributed by atoms with van der Waals surface area (Å²) in [5.41, 5.74) is 0.929. The number of nitrogens with one attached hydrogen (secondary N) is 1. The highest BCUT2D eigenvalue weighted by molar-refractivity contribution is 7.15. The molecule has 2 aromatic rings. The molecule has 0 aliphatic rings. The fourth-order valence-electron chi connectivity index (χ4n) is 1.81. The predicted octanol–water partition coefficient (Wildman–Crippen LogP) is 3.72. The Kier molecular flexibility index (Phi) is 4.50. The quantitative estimate of drug-likeness (QED) is 0.904. The lowest BCUT2D eigenvalue weighted by atomic mass is 10.3. The van der Waals surface area contributed by atoms with Crippen molar-refractivity contribution < 1.29 is 4.39 Å². The lowest BCUT2D eigenvalue weighted by molar-refractivity contribution is 0.606. The second-order valence-corrected chi connectivity index (χ2v) is 5.40. The third-order valence-electron chi connectivity index (χ3n) is 2.95. The Morgan fingerprint density at radius 2 is 2.05 bits per heavy atom. The molecule has 3 nitrogen and oxygen atoms in total. The lowest BCUT2D eigenvalue weighted by Crippen LogP contribution is -2.16. The third-order valence-corrected chi connectivity index (χ3v) is 4.21. The van der Waals surface area contributed by atoms with Crippen molar-refractivity contribution in [1.82, 2.24) is 10.3 Å². The molecule has 0 radical (unpaired) electrons. The first-order chi connectivity index (χ1) is 9.11. The van der Waals surface area contributed by atoms with Crippen LogP contribution in [-0.4, -0.2) is 18.6 Å². The van der Waals surface area contributed by atoms with Crippen LogP contribution in [0.1, 0.15) is 24.8 Å². The maximum absolute atomic E-state index is 12.9. The van der Waals surface area contributed by atoms with E-state index < -0.39 is 0 Å².